The molecule has 1 aromatic rings. The molecule has 0 bridgehead atoms. The quantitative estimate of drug-likeness (QED) is 0.809. The van der Waals surface area contributed by atoms with Gasteiger partial charge in [-0.3, -0.25) is 0 Å². The number of urea groups is 1. The summed E-state index contributed by atoms with van der Waals surface area (Å²) in [6.45, 7) is 5.71. The standard InChI is InChI=1S/C15H24N2O3S/c1-4-13-6-8-14(9-7-13)12(3)17-15(18)16-10-11-21(19,20)5-2/h6-9,12H,4-5,10-11H2,1-3H3,(H2,16,17,18). The van der Waals surface area contributed by atoms with Gasteiger partial charge in [0.15, 0.2) is 9.84 Å². The first-order chi connectivity index (χ1) is 9.88. The van der Waals surface area contributed by atoms with Crippen LogP contribution in [0.25, 0.3) is 0 Å². The van der Waals surface area contributed by atoms with Crippen molar-refractivity contribution in [3.05, 3.63) is 35.4 Å². The lowest BCUT2D eigenvalue weighted by Crippen LogP contribution is -2.39. The molecule has 0 aliphatic rings. The topological polar surface area (TPSA) is 75.3 Å². The van der Waals surface area contributed by atoms with Gasteiger partial charge in [0, 0.05) is 12.3 Å². The second kappa shape index (κ2) is 8.02. The number of hydrogen-bond donors (Lipinski definition) is 2. The number of aryl methyl sites for hydroxylation is 1. The number of carbonyl (C=O) groups is 1. The van der Waals surface area contributed by atoms with E-state index in [0.717, 1.165) is 12.0 Å². The monoisotopic (exact) mass is 312 g/mol. The molecule has 0 saturated heterocycles. The first-order valence-corrected chi connectivity index (χ1v) is 9.03. The Bertz CT molecular complexity index is 553. The SMILES string of the molecule is CCc1ccc(C(C)NC(=O)NCCS(=O)(=O)CC)cc1. The Morgan fingerprint density at radius 2 is 1.81 bits per heavy atom. The maximum Gasteiger partial charge on any atom is 0.315 e. The smallest absolute Gasteiger partial charge is 0.315 e. The molecule has 0 aromatic heterocycles. The van der Waals surface area contributed by atoms with Crippen molar-refractivity contribution in [2.45, 2.75) is 33.2 Å². The molecule has 118 valence electrons. The van der Waals surface area contributed by atoms with Crippen molar-refractivity contribution in [3.63, 3.8) is 0 Å². The molecule has 1 aromatic carbocycles. The van der Waals surface area contributed by atoms with Gasteiger partial charge in [-0.1, -0.05) is 38.1 Å². The molecule has 0 aliphatic carbocycles. The molecule has 5 nitrogen and oxygen atoms in total. The van der Waals surface area contributed by atoms with Crippen LogP contribution in [0.1, 0.15) is 37.9 Å². The molecule has 21 heavy (non-hydrogen) atoms. The zero-order valence-corrected chi connectivity index (χ0v) is 13.7. The molecule has 6 heteroatoms. The molecule has 2 N–H and O–H groups in total. The van der Waals surface area contributed by atoms with E-state index in [9.17, 15) is 13.2 Å². The van der Waals surface area contributed by atoms with Gasteiger partial charge in [-0.05, 0) is 24.5 Å². The molecule has 0 heterocycles. The Hall–Kier alpha value is -1.56. The van der Waals surface area contributed by atoms with Gasteiger partial charge in [0.25, 0.3) is 0 Å². The highest BCUT2D eigenvalue weighted by Crippen LogP contribution is 2.13. The highest BCUT2D eigenvalue weighted by molar-refractivity contribution is 7.91. The first-order valence-electron chi connectivity index (χ1n) is 7.21. The van der Waals surface area contributed by atoms with Crippen LogP contribution in [0.15, 0.2) is 24.3 Å². The third-order valence-electron chi connectivity index (χ3n) is 3.37. The third kappa shape index (κ3) is 6.16. The average Bonchev–Trinajstić information content (AvgIpc) is 2.47. The van der Waals surface area contributed by atoms with Crippen LogP contribution in [-0.2, 0) is 16.3 Å². The van der Waals surface area contributed by atoms with Crippen LogP contribution in [0.5, 0.6) is 0 Å². The van der Waals surface area contributed by atoms with Crippen LogP contribution in [-0.4, -0.2) is 32.5 Å². The van der Waals surface area contributed by atoms with Crippen molar-refractivity contribution in [1.82, 2.24) is 10.6 Å². The predicted molar refractivity (Wildman–Crippen MR) is 85.1 cm³/mol. The van der Waals surface area contributed by atoms with E-state index in [0.29, 0.717) is 0 Å². The summed E-state index contributed by atoms with van der Waals surface area (Å²) in [7, 11) is -3.05. The van der Waals surface area contributed by atoms with Gasteiger partial charge in [-0.2, -0.15) is 0 Å². The minimum absolute atomic E-state index is 0.0313. The molecule has 1 unspecified atom stereocenters. The van der Waals surface area contributed by atoms with E-state index in [4.69, 9.17) is 0 Å². The summed E-state index contributed by atoms with van der Waals surface area (Å²) >= 11 is 0. The van der Waals surface area contributed by atoms with Crippen molar-refractivity contribution >= 4 is 15.9 Å². The molecule has 0 radical (unpaired) electrons. The highest BCUT2D eigenvalue weighted by Gasteiger charge is 2.11. The Labute approximate surface area is 127 Å². The molecule has 0 fully saturated rings. The number of amides is 2. The van der Waals surface area contributed by atoms with Gasteiger partial charge in [0.2, 0.25) is 0 Å². The van der Waals surface area contributed by atoms with Crippen LogP contribution in [0.3, 0.4) is 0 Å². The largest absolute Gasteiger partial charge is 0.337 e. The molecule has 2 amide bonds. The Morgan fingerprint density at radius 1 is 1.19 bits per heavy atom. The van der Waals surface area contributed by atoms with Crippen molar-refractivity contribution in [3.8, 4) is 0 Å². The lowest BCUT2D eigenvalue weighted by molar-refractivity contribution is 0.238. The summed E-state index contributed by atoms with van der Waals surface area (Å²) in [5.41, 5.74) is 2.27. The molecule has 0 saturated carbocycles. The van der Waals surface area contributed by atoms with Crippen molar-refractivity contribution in [2.24, 2.45) is 0 Å². The number of sulfone groups is 1. The van der Waals surface area contributed by atoms with Crippen molar-refractivity contribution in [1.29, 1.82) is 0 Å². The number of benzene rings is 1. The van der Waals surface area contributed by atoms with E-state index in [1.54, 1.807) is 6.92 Å². The number of rotatable bonds is 7. The second-order valence-electron chi connectivity index (χ2n) is 4.95. The fraction of sp³-hybridized carbons (Fsp3) is 0.533. The van der Waals surface area contributed by atoms with Crippen molar-refractivity contribution in [2.75, 3.05) is 18.1 Å². The predicted octanol–water partition coefficient (Wildman–Crippen LogP) is 2.04. The summed E-state index contributed by atoms with van der Waals surface area (Å²) in [6.07, 6.45) is 0.981. The Balaban J connectivity index is 2.43. The average molecular weight is 312 g/mol. The summed E-state index contributed by atoms with van der Waals surface area (Å²) in [5, 5.41) is 5.36. The fourth-order valence-corrected chi connectivity index (χ4v) is 2.54. The van der Waals surface area contributed by atoms with Crippen molar-refractivity contribution < 1.29 is 13.2 Å². The van der Waals surface area contributed by atoms with E-state index in [1.807, 2.05) is 31.2 Å². The van der Waals surface area contributed by atoms with E-state index in [-0.39, 0.29) is 30.1 Å². The lowest BCUT2D eigenvalue weighted by Gasteiger charge is -2.15. The normalized spacial score (nSPS) is 12.7. The van der Waals surface area contributed by atoms with E-state index in [2.05, 4.69) is 17.6 Å². The molecule has 1 atom stereocenters. The molecular weight excluding hydrogens is 288 g/mol. The summed E-state index contributed by atoms with van der Waals surface area (Å²) in [4.78, 5) is 11.7. The zero-order chi connectivity index (χ0) is 15.9. The van der Waals surface area contributed by atoms with Crippen LogP contribution in [0.2, 0.25) is 0 Å². The molecule has 0 spiro atoms. The van der Waals surface area contributed by atoms with E-state index >= 15 is 0 Å². The van der Waals surface area contributed by atoms with Gasteiger partial charge in [0.1, 0.15) is 0 Å². The van der Waals surface area contributed by atoms with Crippen LogP contribution < -0.4 is 10.6 Å². The van der Waals surface area contributed by atoms with Crippen LogP contribution in [0, 0.1) is 0 Å². The number of carbonyl (C=O) groups excluding carboxylic acids is 1. The maximum atomic E-state index is 11.7. The minimum Gasteiger partial charge on any atom is -0.337 e. The summed E-state index contributed by atoms with van der Waals surface area (Å²) < 4.78 is 22.6. The fourth-order valence-electron chi connectivity index (χ4n) is 1.84. The van der Waals surface area contributed by atoms with E-state index in [1.165, 1.54) is 5.56 Å². The maximum absolute atomic E-state index is 11.7. The molecule has 0 aliphatic heterocycles. The second-order valence-corrected chi connectivity index (χ2v) is 7.43. The minimum atomic E-state index is -3.05. The zero-order valence-electron chi connectivity index (χ0n) is 12.8. The summed E-state index contributed by atoms with van der Waals surface area (Å²) in [5.74, 6) is 0.0625. The van der Waals surface area contributed by atoms with Crippen LogP contribution in [0.4, 0.5) is 4.79 Å². The van der Waals surface area contributed by atoms with Crippen LogP contribution >= 0.6 is 0 Å². The van der Waals surface area contributed by atoms with Gasteiger partial charge >= 0.3 is 6.03 Å². The highest BCUT2D eigenvalue weighted by atomic mass is 32.2. The molecule has 1 rings (SSSR count). The van der Waals surface area contributed by atoms with Gasteiger partial charge in [0.05, 0.1) is 11.8 Å². The van der Waals surface area contributed by atoms with E-state index < -0.39 is 9.84 Å². The van der Waals surface area contributed by atoms with Gasteiger partial charge < -0.3 is 10.6 Å². The first kappa shape index (κ1) is 17.5. The third-order valence-corrected chi connectivity index (χ3v) is 5.08. The Kier molecular flexibility index (Phi) is 6.68. The number of hydrogen-bond acceptors (Lipinski definition) is 3. The Morgan fingerprint density at radius 3 is 2.33 bits per heavy atom. The summed E-state index contributed by atoms with van der Waals surface area (Å²) in [6, 6.07) is 7.59. The van der Waals surface area contributed by atoms with Gasteiger partial charge in [-0.25, -0.2) is 13.2 Å². The molecular formula is C15H24N2O3S. The van der Waals surface area contributed by atoms with Gasteiger partial charge in [-0.15, -0.1) is 0 Å². The number of nitrogens with one attached hydrogen (secondary N) is 2. The lowest BCUT2D eigenvalue weighted by atomic mass is 10.1.